The second-order valence-electron chi connectivity index (χ2n) is 3.50. The summed E-state index contributed by atoms with van der Waals surface area (Å²) in [5.41, 5.74) is 0.190. The summed E-state index contributed by atoms with van der Waals surface area (Å²) in [7, 11) is 0. The second kappa shape index (κ2) is 2.57. The lowest BCUT2D eigenvalue weighted by molar-refractivity contribution is -0.150. The van der Waals surface area contributed by atoms with Gasteiger partial charge in [0.25, 0.3) is 0 Å². The molecule has 1 aliphatic heterocycles. The average Bonchev–Trinajstić information content (AvgIpc) is 1.50. The quantitative estimate of drug-likeness (QED) is 0.569. The lowest BCUT2D eigenvalue weighted by atomic mass is 10.2. The topological polar surface area (TPSA) is 38.3 Å². The molecule has 1 heterocycles. The number of carbonyl (C=O) groups excluding carboxylic acids is 1. The molecule has 0 saturated heterocycles. The highest BCUT2D eigenvalue weighted by Crippen LogP contribution is 2.11. The van der Waals surface area contributed by atoms with E-state index < -0.39 is 5.60 Å². The Morgan fingerprint density at radius 2 is 2.18 bits per heavy atom. The molecule has 0 aliphatic carbocycles. The van der Waals surface area contributed by atoms with Crippen LogP contribution in [0, 0.1) is 0 Å². The molecule has 0 saturated carbocycles. The molecule has 3 heteroatoms. The van der Waals surface area contributed by atoms with Crippen LogP contribution in [0.5, 0.6) is 0 Å². The molecule has 0 amide bonds. The number of rotatable bonds is 1. The molecule has 3 nitrogen and oxygen atoms in total. The Bertz CT molecular complexity index is 201. The van der Waals surface area contributed by atoms with Gasteiger partial charge in [-0.1, -0.05) is 0 Å². The van der Waals surface area contributed by atoms with Crippen molar-refractivity contribution in [1.29, 1.82) is 0 Å². The van der Waals surface area contributed by atoms with Gasteiger partial charge in [-0.05, 0) is 26.8 Å². The summed E-state index contributed by atoms with van der Waals surface area (Å²) in [4.78, 5) is 11.1. The van der Waals surface area contributed by atoms with E-state index in [0.29, 0.717) is 5.70 Å². The number of nitrogens with one attached hydrogen (secondary N) is 1. The van der Waals surface area contributed by atoms with Crippen LogP contribution in [-0.4, -0.2) is 18.1 Å². The van der Waals surface area contributed by atoms with E-state index >= 15 is 0 Å². The zero-order valence-electron chi connectivity index (χ0n) is 7.10. The predicted molar refractivity (Wildman–Crippen MR) is 41.9 cm³/mol. The molecule has 11 heavy (non-hydrogen) atoms. The smallest absolute Gasteiger partial charge is 0.354 e. The fourth-order valence-corrected chi connectivity index (χ4v) is 0.693. The zero-order chi connectivity index (χ0) is 8.48. The van der Waals surface area contributed by atoms with E-state index in [1.165, 1.54) is 0 Å². The van der Waals surface area contributed by atoms with E-state index in [-0.39, 0.29) is 5.97 Å². The normalized spacial score (nSPS) is 16.1. The summed E-state index contributed by atoms with van der Waals surface area (Å²) in [5.74, 6) is -0.260. The molecule has 0 aromatic heterocycles. The first-order chi connectivity index (χ1) is 4.99. The van der Waals surface area contributed by atoms with E-state index in [4.69, 9.17) is 4.74 Å². The fraction of sp³-hybridized carbons (Fsp3) is 0.625. The maximum Gasteiger partial charge on any atom is 0.354 e. The third kappa shape index (κ3) is 2.26. The Hall–Kier alpha value is -0.990. The molecule has 0 bridgehead atoms. The number of carbonyl (C=O) groups is 1. The van der Waals surface area contributed by atoms with Crippen molar-refractivity contribution in [2.75, 3.05) is 6.54 Å². The molecule has 0 aromatic rings. The Labute approximate surface area is 66.4 Å². The molecular formula is C8H13NO2. The highest BCUT2D eigenvalue weighted by atomic mass is 16.6. The Morgan fingerprint density at radius 1 is 1.64 bits per heavy atom. The Kier molecular flexibility index (Phi) is 1.89. The summed E-state index contributed by atoms with van der Waals surface area (Å²) in [6, 6.07) is 0. The lowest BCUT2D eigenvalue weighted by Crippen LogP contribution is -2.35. The van der Waals surface area contributed by atoms with Crippen molar-refractivity contribution in [2.45, 2.75) is 26.4 Å². The van der Waals surface area contributed by atoms with E-state index in [0.717, 1.165) is 6.54 Å². The van der Waals surface area contributed by atoms with Gasteiger partial charge in [0.1, 0.15) is 11.3 Å². The van der Waals surface area contributed by atoms with Gasteiger partial charge in [-0.2, -0.15) is 0 Å². The third-order valence-corrected chi connectivity index (χ3v) is 1.22. The van der Waals surface area contributed by atoms with Gasteiger partial charge in [0.05, 0.1) is 0 Å². The molecule has 0 unspecified atom stereocenters. The van der Waals surface area contributed by atoms with Gasteiger partial charge in [0.2, 0.25) is 0 Å². The minimum atomic E-state index is -0.394. The minimum Gasteiger partial charge on any atom is -0.455 e. The number of esters is 1. The van der Waals surface area contributed by atoms with E-state index in [1.807, 2.05) is 26.8 Å². The molecule has 0 fully saturated rings. The van der Waals surface area contributed by atoms with E-state index in [9.17, 15) is 4.79 Å². The predicted octanol–water partition coefficient (Wildman–Crippen LogP) is 0.815. The van der Waals surface area contributed by atoms with Gasteiger partial charge in [-0.25, -0.2) is 4.79 Å². The summed E-state index contributed by atoms with van der Waals surface area (Å²) < 4.78 is 5.07. The largest absolute Gasteiger partial charge is 0.455 e. The molecular weight excluding hydrogens is 142 g/mol. The van der Waals surface area contributed by atoms with Crippen LogP contribution in [0.4, 0.5) is 0 Å². The van der Waals surface area contributed by atoms with Gasteiger partial charge >= 0.3 is 5.97 Å². The van der Waals surface area contributed by atoms with Crippen LogP contribution in [0.25, 0.3) is 0 Å². The molecule has 0 spiro atoms. The van der Waals surface area contributed by atoms with Gasteiger partial charge in [0.15, 0.2) is 0 Å². The molecule has 1 N–H and O–H groups in total. The van der Waals surface area contributed by atoms with E-state index in [1.54, 1.807) is 0 Å². The SMILES string of the molecule is CC(C)(C)OC(=O)C1=CCN1. The van der Waals surface area contributed by atoms with Gasteiger partial charge < -0.3 is 10.1 Å². The molecule has 0 atom stereocenters. The second-order valence-corrected chi connectivity index (χ2v) is 3.50. The van der Waals surface area contributed by atoms with Crippen molar-refractivity contribution in [3.05, 3.63) is 11.8 Å². The van der Waals surface area contributed by atoms with Gasteiger partial charge in [0, 0.05) is 6.54 Å². The maximum absolute atomic E-state index is 11.1. The molecule has 0 aromatic carbocycles. The fourth-order valence-electron chi connectivity index (χ4n) is 0.693. The number of hydrogen-bond donors (Lipinski definition) is 1. The maximum atomic E-state index is 11.1. The highest BCUT2D eigenvalue weighted by Gasteiger charge is 2.21. The first-order valence-electron chi connectivity index (χ1n) is 3.66. The van der Waals surface area contributed by atoms with Gasteiger partial charge in [-0.3, -0.25) is 0 Å². The van der Waals surface area contributed by atoms with Crippen LogP contribution in [0.1, 0.15) is 20.8 Å². The number of hydrogen-bond acceptors (Lipinski definition) is 3. The van der Waals surface area contributed by atoms with Crippen LogP contribution in [-0.2, 0) is 9.53 Å². The van der Waals surface area contributed by atoms with Crippen LogP contribution in [0.2, 0.25) is 0 Å². The Balaban J connectivity index is 2.44. The van der Waals surface area contributed by atoms with Crippen LogP contribution < -0.4 is 5.32 Å². The zero-order valence-corrected chi connectivity index (χ0v) is 7.10. The molecule has 1 rings (SSSR count). The summed E-state index contributed by atoms with van der Waals surface area (Å²) in [5, 5.41) is 2.85. The van der Waals surface area contributed by atoms with Crippen molar-refractivity contribution in [3.8, 4) is 0 Å². The first kappa shape index (κ1) is 8.11. The lowest BCUT2D eigenvalue weighted by Gasteiger charge is -2.23. The monoisotopic (exact) mass is 155 g/mol. The van der Waals surface area contributed by atoms with Crippen molar-refractivity contribution in [1.82, 2.24) is 5.32 Å². The minimum absolute atomic E-state index is 0.260. The third-order valence-electron chi connectivity index (χ3n) is 1.22. The van der Waals surface area contributed by atoms with Crippen LogP contribution >= 0.6 is 0 Å². The molecule has 62 valence electrons. The average molecular weight is 155 g/mol. The van der Waals surface area contributed by atoms with Crippen molar-refractivity contribution >= 4 is 5.97 Å². The number of ether oxygens (including phenoxy) is 1. The standard InChI is InChI=1S/C8H13NO2/c1-8(2,3)11-7(10)6-4-5-9-6/h4,9H,5H2,1-3H3. The molecule has 1 aliphatic rings. The van der Waals surface area contributed by atoms with E-state index in [2.05, 4.69) is 5.32 Å². The van der Waals surface area contributed by atoms with Crippen molar-refractivity contribution in [3.63, 3.8) is 0 Å². The first-order valence-corrected chi connectivity index (χ1v) is 3.66. The molecule has 0 radical (unpaired) electrons. The van der Waals surface area contributed by atoms with Crippen molar-refractivity contribution < 1.29 is 9.53 Å². The van der Waals surface area contributed by atoms with Crippen molar-refractivity contribution in [2.24, 2.45) is 0 Å². The van der Waals surface area contributed by atoms with Gasteiger partial charge in [-0.15, -0.1) is 0 Å². The highest BCUT2D eigenvalue weighted by molar-refractivity contribution is 5.89. The van der Waals surface area contributed by atoms with Crippen LogP contribution in [0.15, 0.2) is 11.8 Å². The summed E-state index contributed by atoms with van der Waals surface area (Å²) in [6.07, 6.45) is 1.81. The van der Waals surface area contributed by atoms with Crippen LogP contribution in [0.3, 0.4) is 0 Å². The Morgan fingerprint density at radius 3 is 2.45 bits per heavy atom. The summed E-state index contributed by atoms with van der Waals surface area (Å²) in [6.45, 7) is 6.33. The summed E-state index contributed by atoms with van der Waals surface area (Å²) >= 11 is 0.